The number of hydrogen-bond donors (Lipinski definition) is 1. The van der Waals surface area contributed by atoms with E-state index in [4.69, 9.17) is 11.6 Å². The Morgan fingerprint density at radius 1 is 1.47 bits per heavy atom. The van der Waals surface area contributed by atoms with Crippen LogP contribution in [0.2, 0.25) is 5.02 Å². The second kappa shape index (κ2) is 4.10. The van der Waals surface area contributed by atoms with Gasteiger partial charge in [0.2, 0.25) is 0 Å². The van der Waals surface area contributed by atoms with Gasteiger partial charge in [-0.15, -0.1) is 0 Å². The first-order valence-corrected chi connectivity index (χ1v) is 5.04. The summed E-state index contributed by atoms with van der Waals surface area (Å²) in [5.41, 5.74) is -0.362. The van der Waals surface area contributed by atoms with Crippen molar-refractivity contribution >= 4 is 17.7 Å². The van der Waals surface area contributed by atoms with Crippen molar-refractivity contribution in [3.8, 4) is 0 Å². The molecule has 0 unspecified atom stereocenters. The van der Waals surface area contributed by atoms with E-state index in [1.165, 1.54) is 12.1 Å². The number of halogens is 4. The van der Waals surface area contributed by atoms with E-state index in [1.807, 2.05) is 5.32 Å². The number of nitrogens with one attached hydrogen (secondary N) is 1. The number of alkyl carbamates (subject to hydrolysis) is 1. The summed E-state index contributed by atoms with van der Waals surface area (Å²) in [7, 11) is 0. The quantitative estimate of drug-likeness (QED) is 0.848. The lowest BCUT2D eigenvalue weighted by Crippen LogP contribution is -2.49. The molecule has 1 saturated heterocycles. The van der Waals surface area contributed by atoms with Crippen LogP contribution in [0.3, 0.4) is 0 Å². The summed E-state index contributed by atoms with van der Waals surface area (Å²) in [6.07, 6.45) is -1.01. The van der Waals surface area contributed by atoms with Crippen molar-refractivity contribution in [3.63, 3.8) is 0 Å². The first kappa shape index (κ1) is 12.0. The normalized spacial score (nSPS) is 22.8. The number of amides is 1. The van der Waals surface area contributed by atoms with Gasteiger partial charge in [-0.1, -0.05) is 23.7 Å². The molecule has 92 valence electrons. The van der Waals surface area contributed by atoms with Crippen LogP contribution in [-0.4, -0.2) is 18.6 Å². The SMILES string of the molecule is O=C1N[C@@H](c2cccc(Cl)c2F)C(F)(F)CO1. The van der Waals surface area contributed by atoms with E-state index in [2.05, 4.69) is 4.74 Å². The van der Waals surface area contributed by atoms with Gasteiger partial charge in [0.05, 0.1) is 5.02 Å². The molecule has 0 spiro atoms. The number of carbonyl (C=O) groups is 1. The molecule has 1 aliphatic rings. The Labute approximate surface area is 99.5 Å². The van der Waals surface area contributed by atoms with Gasteiger partial charge in [-0.05, 0) is 6.07 Å². The minimum Gasteiger partial charge on any atom is -0.443 e. The number of hydrogen-bond acceptors (Lipinski definition) is 2. The predicted octanol–water partition coefficient (Wildman–Crippen LogP) is 2.90. The van der Waals surface area contributed by atoms with Crippen LogP contribution in [0.15, 0.2) is 18.2 Å². The third kappa shape index (κ3) is 2.17. The van der Waals surface area contributed by atoms with Crippen molar-refractivity contribution in [1.82, 2.24) is 5.32 Å². The summed E-state index contributed by atoms with van der Waals surface area (Å²) in [6, 6.07) is 1.94. The first-order valence-electron chi connectivity index (χ1n) is 4.67. The lowest BCUT2D eigenvalue weighted by atomic mass is 9.99. The van der Waals surface area contributed by atoms with Gasteiger partial charge >= 0.3 is 12.0 Å². The molecule has 1 heterocycles. The topological polar surface area (TPSA) is 38.3 Å². The molecule has 1 aromatic carbocycles. The summed E-state index contributed by atoms with van der Waals surface area (Å²) >= 11 is 5.50. The van der Waals surface area contributed by atoms with Crippen LogP contribution < -0.4 is 5.32 Å². The van der Waals surface area contributed by atoms with Crippen molar-refractivity contribution in [2.24, 2.45) is 0 Å². The van der Waals surface area contributed by atoms with Crippen molar-refractivity contribution < 1.29 is 22.7 Å². The summed E-state index contributed by atoms with van der Waals surface area (Å²) in [4.78, 5) is 10.9. The number of ether oxygens (including phenoxy) is 1. The van der Waals surface area contributed by atoms with Crippen LogP contribution in [0.25, 0.3) is 0 Å². The molecule has 2 rings (SSSR count). The summed E-state index contributed by atoms with van der Waals surface area (Å²) < 4.78 is 44.7. The minimum absolute atomic E-state index is 0.279. The zero-order valence-electron chi connectivity index (χ0n) is 8.34. The molecule has 1 N–H and O–H groups in total. The van der Waals surface area contributed by atoms with Crippen LogP contribution in [-0.2, 0) is 4.74 Å². The summed E-state index contributed by atoms with van der Waals surface area (Å²) in [6.45, 7) is -1.09. The molecule has 3 nitrogen and oxygen atoms in total. The molecule has 0 bridgehead atoms. The summed E-state index contributed by atoms with van der Waals surface area (Å²) in [5, 5.41) is 1.60. The van der Waals surface area contributed by atoms with Gasteiger partial charge in [-0.25, -0.2) is 18.0 Å². The van der Waals surface area contributed by atoms with Crippen molar-refractivity contribution in [1.29, 1.82) is 0 Å². The molecule has 0 aliphatic carbocycles. The highest BCUT2D eigenvalue weighted by Gasteiger charge is 2.47. The smallest absolute Gasteiger partial charge is 0.408 e. The van der Waals surface area contributed by atoms with Crippen molar-refractivity contribution in [2.75, 3.05) is 6.61 Å². The monoisotopic (exact) mass is 265 g/mol. The predicted molar refractivity (Wildman–Crippen MR) is 53.6 cm³/mol. The molecule has 1 amide bonds. The molecule has 0 aromatic heterocycles. The highest BCUT2D eigenvalue weighted by molar-refractivity contribution is 6.30. The maximum Gasteiger partial charge on any atom is 0.408 e. The molecule has 1 fully saturated rings. The Balaban J connectivity index is 2.43. The molecule has 1 atom stereocenters. The number of rotatable bonds is 1. The van der Waals surface area contributed by atoms with Crippen molar-refractivity contribution in [2.45, 2.75) is 12.0 Å². The fraction of sp³-hybridized carbons (Fsp3) is 0.300. The lowest BCUT2D eigenvalue weighted by molar-refractivity contribution is -0.104. The van der Waals surface area contributed by atoms with Crippen LogP contribution in [0.5, 0.6) is 0 Å². The molecule has 1 aliphatic heterocycles. The van der Waals surface area contributed by atoms with E-state index in [-0.39, 0.29) is 10.6 Å². The average Bonchev–Trinajstić information content (AvgIpc) is 2.26. The number of benzene rings is 1. The van der Waals surface area contributed by atoms with Gasteiger partial charge in [0, 0.05) is 5.56 Å². The minimum atomic E-state index is -3.39. The fourth-order valence-corrected chi connectivity index (χ4v) is 1.74. The molecular formula is C10H7ClF3NO2. The lowest BCUT2D eigenvalue weighted by Gasteiger charge is -2.32. The highest BCUT2D eigenvalue weighted by atomic mass is 35.5. The molecule has 0 radical (unpaired) electrons. The number of cyclic esters (lactones) is 1. The second-order valence-electron chi connectivity index (χ2n) is 3.56. The van der Waals surface area contributed by atoms with Crippen LogP contribution >= 0.6 is 11.6 Å². The number of carbonyl (C=O) groups excluding carboxylic acids is 1. The second-order valence-corrected chi connectivity index (χ2v) is 3.96. The fourth-order valence-electron chi connectivity index (χ4n) is 1.56. The first-order chi connectivity index (χ1) is 7.92. The van der Waals surface area contributed by atoms with Gasteiger partial charge in [0.1, 0.15) is 11.9 Å². The standard InChI is InChI=1S/C10H7ClF3NO2/c11-6-3-1-2-5(7(6)12)8-10(13,14)4-17-9(16)15-8/h1-3,8H,4H2,(H,15,16)/t8-/m0/s1. The highest BCUT2D eigenvalue weighted by Crippen LogP contribution is 2.36. The van der Waals surface area contributed by atoms with E-state index in [1.54, 1.807) is 0 Å². The zero-order chi connectivity index (χ0) is 12.6. The number of alkyl halides is 2. The summed E-state index contributed by atoms with van der Waals surface area (Å²) in [5.74, 6) is -4.36. The zero-order valence-corrected chi connectivity index (χ0v) is 9.10. The molecular weight excluding hydrogens is 259 g/mol. The Kier molecular flexibility index (Phi) is 2.91. The van der Waals surface area contributed by atoms with Crippen LogP contribution in [0.4, 0.5) is 18.0 Å². The largest absolute Gasteiger partial charge is 0.443 e. The van der Waals surface area contributed by atoms with Gasteiger partial charge in [0.15, 0.2) is 6.61 Å². The third-order valence-electron chi connectivity index (χ3n) is 2.37. The van der Waals surface area contributed by atoms with Gasteiger partial charge < -0.3 is 10.1 Å². The Morgan fingerprint density at radius 2 is 2.18 bits per heavy atom. The van der Waals surface area contributed by atoms with Crippen LogP contribution in [0, 0.1) is 5.82 Å². The van der Waals surface area contributed by atoms with Gasteiger partial charge in [-0.3, -0.25) is 0 Å². The Morgan fingerprint density at radius 3 is 2.88 bits per heavy atom. The third-order valence-corrected chi connectivity index (χ3v) is 2.66. The van der Waals surface area contributed by atoms with E-state index >= 15 is 0 Å². The van der Waals surface area contributed by atoms with Crippen LogP contribution in [0.1, 0.15) is 11.6 Å². The molecule has 7 heteroatoms. The Bertz CT molecular complexity index is 467. The Hall–Kier alpha value is -1.43. The van der Waals surface area contributed by atoms with E-state index in [0.29, 0.717) is 0 Å². The average molecular weight is 266 g/mol. The van der Waals surface area contributed by atoms with Crippen molar-refractivity contribution in [3.05, 3.63) is 34.6 Å². The maximum atomic E-state index is 13.6. The van der Waals surface area contributed by atoms with E-state index in [9.17, 15) is 18.0 Å². The van der Waals surface area contributed by atoms with E-state index < -0.39 is 30.5 Å². The molecule has 0 saturated carbocycles. The van der Waals surface area contributed by atoms with Gasteiger partial charge in [-0.2, -0.15) is 0 Å². The van der Waals surface area contributed by atoms with Gasteiger partial charge in [0.25, 0.3) is 0 Å². The van der Waals surface area contributed by atoms with E-state index in [0.717, 1.165) is 6.07 Å². The molecule has 1 aromatic rings. The maximum absolute atomic E-state index is 13.6. The molecule has 17 heavy (non-hydrogen) atoms.